The van der Waals surface area contributed by atoms with E-state index >= 15 is 0 Å². The van der Waals surface area contributed by atoms with E-state index in [9.17, 15) is 19.2 Å². The number of benzene rings is 1. The van der Waals surface area contributed by atoms with E-state index in [1.54, 1.807) is 89.2 Å². The van der Waals surface area contributed by atoms with Gasteiger partial charge in [0.05, 0.1) is 22.7 Å². The van der Waals surface area contributed by atoms with Gasteiger partial charge in [-0.15, -0.1) is 0 Å². The zero-order valence-corrected chi connectivity index (χ0v) is 24.7. The van der Waals surface area contributed by atoms with Crippen molar-refractivity contribution in [3.05, 3.63) is 10.5 Å². The summed E-state index contributed by atoms with van der Waals surface area (Å²) in [5, 5.41) is 11.5. The fourth-order valence-corrected chi connectivity index (χ4v) is 2.86. The summed E-state index contributed by atoms with van der Waals surface area (Å²) in [7, 11) is 0. The molecule has 0 radical (unpaired) electrons. The molecule has 0 aromatic heterocycles. The second kappa shape index (κ2) is 10.3. The third-order valence-corrected chi connectivity index (χ3v) is 5.59. The van der Waals surface area contributed by atoms with Gasteiger partial charge in [-0.25, -0.2) is 0 Å². The number of carbonyl (C=O) groups is 4. The van der Waals surface area contributed by atoms with Gasteiger partial charge in [0.2, 0.25) is 23.6 Å². The summed E-state index contributed by atoms with van der Waals surface area (Å²) in [6, 6.07) is 1.60. The molecule has 0 aliphatic heterocycles. The highest BCUT2D eigenvalue weighted by atomic mass is 79.9. The second-order valence-corrected chi connectivity index (χ2v) is 13.7. The molecule has 35 heavy (non-hydrogen) atoms. The van der Waals surface area contributed by atoms with Crippen molar-refractivity contribution in [1.29, 1.82) is 0 Å². The van der Waals surface area contributed by atoms with Crippen LogP contribution in [0.2, 0.25) is 0 Å². The molecule has 0 atom stereocenters. The van der Waals surface area contributed by atoms with E-state index < -0.39 is 21.7 Å². The lowest BCUT2D eigenvalue weighted by molar-refractivity contribution is -0.124. The molecule has 1 rings (SSSR count). The molecule has 8 nitrogen and oxygen atoms in total. The van der Waals surface area contributed by atoms with Crippen LogP contribution >= 0.6 is 15.9 Å². The van der Waals surface area contributed by atoms with Gasteiger partial charge in [-0.1, -0.05) is 83.1 Å². The minimum Gasteiger partial charge on any atom is -0.324 e. The van der Waals surface area contributed by atoms with Gasteiger partial charge in [0.25, 0.3) is 0 Å². The maximum Gasteiger partial charge on any atom is 0.229 e. The Bertz CT molecular complexity index is 1020. The van der Waals surface area contributed by atoms with Crippen LogP contribution in [0.1, 0.15) is 83.1 Å². The lowest BCUT2D eigenvalue weighted by Crippen LogP contribution is -2.33. The van der Waals surface area contributed by atoms with Crippen LogP contribution in [0.3, 0.4) is 0 Å². The summed E-state index contributed by atoms with van der Waals surface area (Å²) >= 11 is 3.48. The predicted octanol–water partition coefficient (Wildman–Crippen LogP) is 6.39. The molecule has 0 saturated heterocycles. The van der Waals surface area contributed by atoms with Crippen LogP contribution in [-0.2, 0) is 19.2 Å². The smallest absolute Gasteiger partial charge is 0.229 e. The van der Waals surface area contributed by atoms with Crippen molar-refractivity contribution in [2.24, 2.45) is 21.7 Å². The van der Waals surface area contributed by atoms with Crippen LogP contribution in [0, 0.1) is 21.7 Å². The predicted molar refractivity (Wildman–Crippen MR) is 146 cm³/mol. The number of halogens is 1. The Kier molecular flexibility index (Phi) is 9.00. The Morgan fingerprint density at radius 1 is 0.514 bits per heavy atom. The van der Waals surface area contributed by atoms with Gasteiger partial charge in [-0.3, -0.25) is 19.2 Å². The van der Waals surface area contributed by atoms with E-state index in [0.717, 1.165) is 0 Å². The van der Waals surface area contributed by atoms with Crippen molar-refractivity contribution in [3.63, 3.8) is 0 Å². The summed E-state index contributed by atoms with van der Waals surface area (Å²) < 4.78 is 0.428. The molecule has 0 spiro atoms. The van der Waals surface area contributed by atoms with E-state index in [0.29, 0.717) is 4.47 Å². The number of anilines is 4. The maximum absolute atomic E-state index is 13.1. The maximum atomic E-state index is 13.1. The quantitative estimate of drug-likeness (QED) is 0.346. The molecule has 0 heterocycles. The second-order valence-electron chi connectivity index (χ2n) is 12.8. The average molecular weight is 554 g/mol. The van der Waals surface area contributed by atoms with Crippen molar-refractivity contribution in [3.8, 4) is 0 Å². The molecule has 1 aromatic rings. The molecular formula is C26H41BrN4O4. The molecule has 0 bridgehead atoms. The van der Waals surface area contributed by atoms with E-state index in [4.69, 9.17) is 0 Å². The minimum atomic E-state index is -0.770. The van der Waals surface area contributed by atoms with Crippen LogP contribution in [0.4, 0.5) is 22.7 Å². The number of nitrogens with one attached hydrogen (secondary N) is 4. The number of hydrogen-bond acceptors (Lipinski definition) is 4. The van der Waals surface area contributed by atoms with E-state index in [1.165, 1.54) is 0 Å². The monoisotopic (exact) mass is 552 g/mol. The lowest BCUT2D eigenvalue weighted by Gasteiger charge is -2.28. The minimum absolute atomic E-state index is 0.179. The highest BCUT2D eigenvalue weighted by Crippen LogP contribution is 2.45. The SMILES string of the molecule is CC(C)(C)C(=O)Nc1cc(Br)c(NC(=O)C(C)(C)C)c(NC(=O)C(C)(C)C)c1NC(=O)C(C)(C)C. The first-order chi connectivity index (χ1) is 15.5. The van der Waals surface area contributed by atoms with E-state index in [-0.39, 0.29) is 46.4 Å². The highest BCUT2D eigenvalue weighted by Gasteiger charge is 2.32. The molecule has 0 aliphatic carbocycles. The van der Waals surface area contributed by atoms with Crippen LogP contribution < -0.4 is 21.3 Å². The number of amides is 4. The topological polar surface area (TPSA) is 116 Å². The molecular weight excluding hydrogens is 512 g/mol. The van der Waals surface area contributed by atoms with Crippen molar-refractivity contribution in [2.45, 2.75) is 83.1 Å². The van der Waals surface area contributed by atoms with Gasteiger partial charge in [-0.2, -0.15) is 0 Å². The molecule has 0 aliphatic rings. The van der Waals surface area contributed by atoms with Crippen molar-refractivity contribution < 1.29 is 19.2 Å². The standard InChI is InChI=1S/C26H41BrN4O4/c1-23(2,3)19(32)28-15-13-14(27)16(29-20(33)24(4,5)6)18(31-22(35)26(10,11)12)17(15)30-21(34)25(7,8)9/h13H,1-12H3,(H,28,32)(H,29,33)(H,30,34)(H,31,35). The molecule has 9 heteroatoms. The normalized spacial score (nSPS) is 12.6. The van der Waals surface area contributed by atoms with E-state index in [2.05, 4.69) is 37.2 Å². The fourth-order valence-electron chi connectivity index (χ4n) is 2.34. The first-order valence-electron chi connectivity index (χ1n) is 11.6. The summed E-state index contributed by atoms with van der Waals surface area (Å²) in [4.78, 5) is 51.9. The molecule has 4 amide bonds. The Labute approximate surface area is 217 Å². The number of carbonyl (C=O) groups excluding carboxylic acids is 4. The fraction of sp³-hybridized carbons (Fsp3) is 0.615. The van der Waals surface area contributed by atoms with Gasteiger partial charge in [-0.05, 0) is 22.0 Å². The zero-order chi connectivity index (χ0) is 27.7. The molecule has 0 unspecified atom stereocenters. The van der Waals surface area contributed by atoms with Gasteiger partial charge in [0, 0.05) is 26.1 Å². The molecule has 0 fully saturated rings. The largest absolute Gasteiger partial charge is 0.324 e. The van der Waals surface area contributed by atoms with Crippen molar-refractivity contribution in [1.82, 2.24) is 0 Å². The number of rotatable bonds is 4. The summed E-state index contributed by atoms with van der Waals surface area (Å²) in [5.74, 6) is -1.23. The van der Waals surface area contributed by atoms with Crippen LogP contribution in [0.5, 0.6) is 0 Å². The van der Waals surface area contributed by atoms with Crippen LogP contribution in [0.25, 0.3) is 0 Å². The molecule has 196 valence electrons. The third-order valence-electron chi connectivity index (χ3n) is 4.97. The van der Waals surface area contributed by atoms with Crippen LogP contribution in [0.15, 0.2) is 10.5 Å². The highest BCUT2D eigenvalue weighted by molar-refractivity contribution is 9.10. The van der Waals surface area contributed by atoms with Gasteiger partial charge < -0.3 is 21.3 Å². The van der Waals surface area contributed by atoms with Crippen molar-refractivity contribution in [2.75, 3.05) is 21.3 Å². The molecule has 4 N–H and O–H groups in total. The summed E-state index contributed by atoms with van der Waals surface area (Å²) in [5.41, 5.74) is -2.05. The molecule has 1 aromatic carbocycles. The van der Waals surface area contributed by atoms with E-state index in [1.807, 2.05) is 0 Å². The third kappa shape index (κ3) is 8.33. The Morgan fingerprint density at radius 3 is 1.14 bits per heavy atom. The zero-order valence-electron chi connectivity index (χ0n) is 23.1. The Balaban J connectivity index is 3.94. The van der Waals surface area contributed by atoms with Gasteiger partial charge in [0.1, 0.15) is 0 Å². The molecule has 0 saturated carbocycles. The first kappa shape index (κ1) is 30.6. The average Bonchev–Trinajstić information content (AvgIpc) is 2.63. The summed E-state index contributed by atoms with van der Waals surface area (Å²) in [6.07, 6.45) is 0. The van der Waals surface area contributed by atoms with Crippen LogP contribution in [-0.4, -0.2) is 23.6 Å². The van der Waals surface area contributed by atoms with Gasteiger partial charge in [0.15, 0.2) is 0 Å². The number of hydrogen-bond donors (Lipinski definition) is 4. The summed E-state index contributed by atoms with van der Waals surface area (Å²) in [6.45, 7) is 21.1. The van der Waals surface area contributed by atoms with Gasteiger partial charge >= 0.3 is 0 Å². The Hall–Kier alpha value is -2.42. The van der Waals surface area contributed by atoms with Crippen molar-refractivity contribution >= 4 is 62.3 Å². The lowest BCUT2D eigenvalue weighted by atomic mass is 9.93. The first-order valence-corrected chi connectivity index (χ1v) is 12.4. The Morgan fingerprint density at radius 2 is 0.800 bits per heavy atom.